The SMILES string of the molecule is C=CCOc1ccc(CN(C)C(=O)CCc2nc(-c3ccc(Cl)cc3)no2)cc1. The summed E-state index contributed by atoms with van der Waals surface area (Å²) in [5, 5.41) is 4.61. The first-order valence-electron chi connectivity index (χ1n) is 9.20. The zero-order valence-electron chi connectivity index (χ0n) is 16.2. The molecule has 0 aliphatic heterocycles. The van der Waals surface area contributed by atoms with Crippen LogP contribution in [-0.2, 0) is 17.8 Å². The summed E-state index contributed by atoms with van der Waals surface area (Å²) in [7, 11) is 1.78. The maximum Gasteiger partial charge on any atom is 0.227 e. The Morgan fingerprint density at radius 1 is 1.21 bits per heavy atom. The molecule has 1 amide bonds. The number of ether oxygens (including phenoxy) is 1. The van der Waals surface area contributed by atoms with Gasteiger partial charge in [-0.2, -0.15) is 4.98 Å². The summed E-state index contributed by atoms with van der Waals surface area (Å²) in [5.74, 6) is 1.69. The van der Waals surface area contributed by atoms with Crippen LogP contribution in [0.4, 0.5) is 0 Å². The first-order chi connectivity index (χ1) is 14.0. The summed E-state index contributed by atoms with van der Waals surface area (Å²) in [4.78, 5) is 18.5. The molecule has 7 heteroatoms. The third-order valence-corrected chi connectivity index (χ3v) is 4.51. The molecule has 29 heavy (non-hydrogen) atoms. The lowest BCUT2D eigenvalue weighted by molar-refractivity contribution is -0.130. The average molecular weight is 412 g/mol. The second-order valence-electron chi connectivity index (χ2n) is 6.51. The molecule has 3 rings (SSSR count). The molecular weight excluding hydrogens is 390 g/mol. The molecule has 150 valence electrons. The number of carbonyl (C=O) groups is 1. The van der Waals surface area contributed by atoms with Crippen molar-refractivity contribution < 1.29 is 14.1 Å². The number of aryl methyl sites for hydroxylation is 1. The predicted octanol–water partition coefficient (Wildman–Crippen LogP) is 4.55. The van der Waals surface area contributed by atoms with Crippen LogP contribution in [0.25, 0.3) is 11.4 Å². The minimum atomic E-state index is 0.00299. The maximum absolute atomic E-state index is 12.4. The standard InChI is InChI=1S/C22H22ClN3O3/c1-3-14-28-19-10-4-16(5-11-19)15-26(2)21(27)13-12-20-24-22(25-29-20)17-6-8-18(23)9-7-17/h3-11H,1,12-15H2,2H3. The second-order valence-corrected chi connectivity index (χ2v) is 6.95. The van der Waals surface area contributed by atoms with Gasteiger partial charge in [0.1, 0.15) is 12.4 Å². The van der Waals surface area contributed by atoms with E-state index in [2.05, 4.69) is 16.7 Å². The normalized spacial score (nSPS) is 10.6. The van der Waals surface area contributed by atoms with Gasteiger partial charge in [-0.25, -0.2) is 0 Å². The molecule has 0 saturated carbocycles. The van der Waals surface area contributed by atoms with Gasteiger partial charge in [0.15, 0.2) is 0 Å². The Hall–Kier alpha value is -3.12. The molecular formula is C22H22ClN3O3. The molecule has 2 aromatic carbocycles. The van der Waals surface area contributed by atoms with Crippen molar-refractivity contribution in [2.45, 2.75) is 19.4 Å². The number of nitrogens with zero attached hydrogens (tertiary/aromatic N) is 3. The number of benzene rings is 2. The molecule has 1 heterocycles. The van der Waals surface area contributed by atoms with Crippen molar-refractivity contribution in [2.24, 2.45) is 0 Å². The number of carbonyl (C=O) groups excluding carboxylic acids is 1. The van der Waals surface area contributed by atoms with E-state index in [0.717, 1.165) is 16.9 Å². The van der Waals surface area contributed by atoms with E-state index in [1.54, 1.807) is 30.2 Å². The third kappa shape index (κ3) is 5.93. The molecule has 0 fully saturated rings. The van der Waals surface area contributed by atoms with E-state index in [9.17, 15) is 4.79 Å². The fraction of sp³-hybridized carbons (Fsp3) is 0.227. The Morgan fingerprint density at radius 3 is 2.62 bits per heavy atom. The van der Waals surface area contributed by atoms with Gasteiger partial charge >= 0.3 is 0 Å². The number of rotatable bonds is 9. The molecule has 0 radical (unpaired) electrons. The van der Waals surface area contributed by atoms with Crippen LogP contribution in [0.5, 0.6) is 5.75 Å². The summed E-state index contributed by atoms with van der Waals surface area (Å²) in [5.41, 5.74) is 1.84. The minimum absolute atomic E-state index is 0.00299. The monoisotopic (exact) mass is 411 g/mol. The van der Waals surface area contributed by atoms with Crippen molar-refractivity contribution in [3.8, 4) is 17.1 Å². The van der Waals surface area contributed by atoms with Crippen molar-refractivity contribution in [1.82, 2.24) is 15.0 Å². The second kappa shape index (κ2) is 9.89. The van der Waals surface area contributed by atoms with Crippen LogP contribution in [0.2, 0.25) is 5.02 Å². The molecule has 0 unspecified atom stereocenters. The van der Waals surface area contributed by atoms with E-state index in [-0.39, 0.29) is 5.91 Å². The topological polar surface area (TPSA) is 68.5 Å². The van der Waals surface area contributed by atoms with Crippen molar-refractivity contribution in [2.75, 3.05) is 13.7 Å². The Morgan fingerprint density at radius 2 is 1.93 bits per heavy atom. The van der Waals surface area contributed by atoms with Crippen LogP contribution < -0.4 is 4.74 Å². The molecule has 0 N–H and O–H groups in total. The van der Waals surface area contributed by atoms with Gasteiger partial charge in [-0.1, -0.05) is 41.5 Å². The molecule has 0 spiro atoms. The smallest absolute Gasteiger partial charge is 0.227 e. The van der Waals surface area contributed by atoms with Crippen molar-refractivity contribution in [3.05, 3.63) is 77.7 Å². The Bertz CT molecular complexity index is 952. The van der Waals surface area contributed by atoms with Crippen LogP contribution in [0, 0.1) is 0 Å². The summed E-state index contributed by atoms with van der Waals surface area (Å²) < 4.78 is 10.7. The zero-order chi connectivity index (χ0) is 20.6. The maximum atomic E-state index is 12.4. The highest BCUT2D eigenvalue weighted by molar-refractivity contribution is 6.30. The summed E-state index contributed by atoms with van der Waals surface area (Å²) in [6, 6.07) is 14.8. The minimum Gasteiger partial charge on any atom is -0.490 e. The molecule has 0 aliphatic rings. The van der Waals surface area contributed by atoms with Crippen LogP contribution in [0.1, 0.15) is 17.9 Å². The number of aromatic nitrogens is 2. The van der Waals surface area contributed by atoms with Crippen molar-refractivity contribution in [3.63, 3.8) is 0 Å². The molecule has 0 bridgehead atoms. The number of halogens is 1. The largest absolute Gasteiger partial charge is 0.490 e. The van der Waals surface area contributed by atoms with E-state index in [0.29, 0.717) is 42.7 Å². The van der Waals surface area contributed by atoms with Gasteiger partial charge in [0.05, 0.1) is 0 Å². The summed E-state index contributed by atoms with van der Waals surface area (Å²) in [6.07, 6.45) is 2.37. The van der Waals surface area contributed by atoms with Gasteiger partial charge in [-0.3, -0.25) is 4.79 Å². The highest BCUT2D eigenvalue weighted by atomic mass is 35.5. The van der Waals surface area contributed by atoms with Crippen LogP contribution in [-0.4, -0.2) is 34.6 Å². The van der Waals surface area contributed by atoms with Gasteiger partial charge in [0, 0.05) is 37.0 Å². The molecule has 1 aromatic heterocycles. The first-order valence-corrected chi connectivity index (χ1v) is 9.58. The number of hydrogen-bond acceptors (Lipinski definition) is 5. The highest BCUT2D eigenvalue weighted by Gasteiger charge is 2.14. The van der Waals surface area contributed by atoms with E-state index in [1.165, 1.54) is 0 Å². The quantitative estimate of drug-likeness (QED) is 0.483. The van der Waals surface area contributed by atoms with Crippen LogP contribution >= 0.6 is 11.6 Å². The molecule has 3 aromatic rings. The van der Waals surface area contributed by atoms with Crippen molar-refractivity contribution in [1.29, 1.82) is 0 Å². The lowest BCUT2D eigenvalue weighted by Gasteiger charge is -2.17. The van der Waals surface area contributed by atoms with E-state index < -0.39 is 0 Å². The molecule has 0 atom stereocenters. The predicted molar refractivity (Wildman–Crippen MR) is 112 cm³/mol. The number of amides is 1. The van der Waals surface area contributed by atoms with Crippen molar-refractivity contribution >= 4 is 17.5 Å². The Balaban J connectivity index is 1.50. The van der Waals surface area contributed by atoms with Gasteiger partial charge < -0.3 is 14.2 Å². The Labute approximate surface area is 174 Å². The molecule has 6 nitrogen and oxygen atoms in total. The lowest BCUT2D eigenvalue weighted by Crippen LogP contribution is -2.26. The highest BCUT2D eigenvalue weighted by Crippen LogP contribution is 2.19. The average Bonchev–Trinajstić information content (AvgIpc) is 3.21. The van der Waals surface area contributed by atoms with Gasteiger partial charge in [-0.05, 0) is 42.0 Å². The van der Waals surface area contributed by atoms with E-state index in [1.807, 2.05) is 36.4 Å². The number of hydrogen-bond donors (Lipinski definition) is 0. The zero-order valence-corrected chi connectivity index (χ0v) is 16.9. The van der Waals surface area contributed by atoms with E-state index in [4.69, 9.17) is 20.9 Å². The Kier molecular flexibility index (Phi) is 7.03. The van der Waals surface area contributed by atoms with Crippen LogP contribution in [0.3, 0.4) is 0 Å². The van der Waals surface area contributed by atoms with Gasteiger partial charge in [0.25, 0.3) is 0 Å². The lowest BCUT2D eigenvalue weighted by atomic mass is 10.2. The molecule has 0 saturated heterocycles. The summed E-state index contributed by atoms with van der Waals surface area (Å²) in [6.45, 7) is 4.60. The fourth-order valence-electron chi connectivity index (χ4n) is 2.69. The fourth-order valence-corrected chi connectivity index (χ4v) is 2.81. The summed E-state index contributed by atoms with van der Waals surface area (Å²) >= 11 is 5.89. The van der Waals surface area contributed by atoms with Gasteiger partial charge in [-0.15, -0.1) is 0 Å². The first kappa shape index (κ1) is 20.6. The third-order valence-electron chi connectivity index (χ3n) is 4.26. The van der Waals surface area contributed by atoms with Crippen LogP contribution in [0.15, 0.2) is 65.7 Å². The van der Waals surface area contributed by atoms with Gasteiger partial charge in [0.2, 0.25) is 17.6 Å². The molecule has 0 aliphatic carbocycles. The van der Waals surface area contributed by atoms with E-state index >= 15 is 0 Å².